The monoisotopic (exact) mass is 234 g/mol. The standard InChI is InChI=1S/C9H15BrO2/c1-8(10)6-4-2-3-5-7-9(11)12/h1-7H2,(H,11,12). The van der Waals surface area contributed by atoms with Crippen molar-refractivity contribution in [3.05, 3.63) is 11.1 Å². The van der Waals surface area contributed by atoms with Crippen LogP contribution in [-0.2, 0) is 4.79 Å². The van der Waals surface area contributed by atoms with E-state index in [1.54, 1.807) is 0 Å². The molecule has 0 fully saturated rings. The Morgan fingerprint density at radius 1 is 1.17 bits per heavy atom. The summed E-state index contributed by atoms with van der Waals surface area (Å²) >= 11 is 3.28. The van der Waals surface area contributed by atoms with Crippen molar-refractivity contribution in [2.45, 2.75) is 38.5 Å². The number of carboxylic acid groups (broad SMARTS) is 1. The average Bonchev–Trinajstić information content (AvgIpc) is 1.95. The third-order valence-corrected chi connectivity index (χ3v) is 1.99. The summed E-state index contributed by atoms with van der Waals surface area (Å²) in [5.41, 5.74) is 0. The first-order valence-electron chi connectivity index (χ1n) is 4.18. The van der Waals surface area contributed by atoms with Crippen LogP contribution in [0.5, 0.6) is 0 Å². The second kappa shape index (κ2) is 7.35. The van der Waals surface area contributed by atoms with Gasteiger partial charge in [0.15, 0.2) is 0 Å². The van der Waals surface area contributed by atoms with E-state index in [4.69, 9.17) is 5.11 Å². The Kier molecular flexibility index (Phi) is 7.16. The Labute approximate surface area is 81.8 Å². The normalized spacial score (nSPS) is 9.75. The number of hydrogen-bond donors (Lipinski definition) is 1. The highest BCUT2D eigenvalue weighted by Crippen LogP contribution is 2.13. The minimum absolute atomic E-state index is 0.301. The molecule has 0 aliphatic carbocycles. The van der Waals surface area contributed by atoms with E-state index in [9.17, 15) is 4.79 Å². The molecule has 0 aromatic rings. The number of rotatable bonds is 7. The maximum Gasteiger partial charge on any atom is 0.303 e. The summed E-state index contributed by atoms with van der Waals surface area (Å²) in [4.78, 5) is 10.1. The van der Waals surface area contributed by atoms with Crippen molar-refractivity contribution in [1.29, 1.82) is 0 Å². The third-order valence-electron chi connectivity index (χ3n) is 1.59. The summed E-state index contributed by atoms with van der Waals surface area (Å²) in [5.74, 6) is -0.695. The Bertz CT molecular complexity index is 137. The SMILES string of the molecule is C=C(Br)CCCCCCC(=O)O. The van der Waals surface area contributed by atoms with Crippen LogP contribution >= 0.6 is 15.9 Å². The van der Waals surface area contributed by atoms with Gasteiger partial charge >= 0.3 is 5.97 Å². The average molecular weight is 235 g/mol. The molecule has 2 nitrogen and oxygen atoms in total. The van der Waals surface area contributed by atoms with Crippen LogP contribution in [0.3, 0.4) is 0 Å². The molecular formula is C9H15BrO2. The lowest BCUT2D eigenvalue weighted by molar-refractivity contribution is -0.137. The van der Waals surface area contributed by atoms with Gasteiger partial charge in [-0.3, -0.25) is 4.79 Å². The molecule has 0 spiro atoms. The molecule has 0 atom stereocenters. The van der Waals surface area contributed by atoms with Crippen LogP contribution in [0.2, 0.25) is 0 Å². The molecule has 3 heteroatoms. The summed E-state index contributed by atoms with van der Waals surface area (Å²) in [5, 5.41) is 8.34. The van der Waals surface area contributed by atoms with Gasteiger partial charge in [0.2, 0.25) is 0 Å². The highest BCUT2D eigenvalue weighted by molar-refractivity contribution is 9.11. The van der Waals surface area contributed by atoms with E-state index in [1.165, 1.54) is 0 Å². The fraction of sp³-hybridized carbons (Fsp3) is 0.667. The Balaban J connectivity index is 3.01. The van der Waals surface area contributed by atoms with Crippen LogP contribution in [-0.4, -0.2) is 11.1 Å². The molecule has 0 rings (SSSR count). The fourth-order valence-corrected chi connectivity index (χ4v) is 1.23. The summed E-state index contributed by atoms with van der Waals surface area (Å²) in [7, 11) is 0. The number of unbranched alkanes of at least 4 members (excludes halogenated alkanes) is 3. The van der Waals surface area contributed by atoms with E-state index in [1.807, 2.05) is 0 Å². The molecule has 0 radical (unpaired) electrons. The minimum Gasteiger partial charge on any atom is -0.481 e. The van der Waals surface area contributed by atoms with E-state index in [0.717, 1.165) is 36.6 Å². The lowest BCUT2D eigenvalue weighted by Gasteiger charge is -1.98. The number of hydrogen-bond acceptors (Lipinski definition) is 1. The van der Waals surface area contributed by atoms with Crippen molar-refractivity contribution in [1.82, 2.24) is 0 Å². The van der Waals surface area contributed by atoms with Crippen LogP contribution in [0.25, 0.3) is 0 Å². The molecule has 0 saturated carbocycles. The van der Waals surface area contributed by atoms with Crippen molar-refractivity contribution in [2.24, 2.45) is 0 Å². The molecule has 0 amide bonds. The predicted octanol–water partition coefficient (Wildman–Crippen LogP) is 3.32. The highest BCUT2D eigenvalue weighted by Gasteiger charge is 1.96. The van der Waals surface area contributed by atoms with Gasteiger partial charge in [0.05, 0.1) is 0 Å². The molecule has 0 bridgehead atoms. The van der Waals surface area contributed by atoms with Crippen molar-refractivity contribution >= 4 is 21.9 Å². The number of carbonyl (C=O) groups is 1. The fourth-order valence-electron chi connectivity index (χ4n) is 0.947. The quantitative estimate of drug-likeness (QED) is 0.687. The molecule has 0 unspecified atom stereocenters. The van der Waals surface area contributed by atoms with Gasteiger partial charge in [-0.1, -0.05) is 35.4 Å². The van der Waals surface area contributed by atoms with Crippen molar-refractivity contribution < 1.29 is 9.90 Å². The van der Waals surface area contributed by atoms with Crippen LogP contribution < -0.4 is 0 Å². The van der Waals surface area contributed by atoms with Crippen molar-refractivity contribution in [2.75, 3.05) is 0 Å². The molecule has 0 aromatic carbocycles. The van der Waals surface area contributed by atoms with Crippen LogP contribution in [0.4, 0.5) is 0 Å². The van der Waals surface area contributed by atoms with Crippen LogP contribution in [0, 0.1) is 0 Å². The zero-order valence-corrected chi connectivity index (χ0v) is 8.77. The van der Waals surface area contributed by atoms with E-state index in [0.29, 0.717) is 6.42 Å². The summed E-state index contributed by atoms with van der Waals surface area (Å²) < 4.78 is 1.03. The third kappa shape index (κ3) is 9.69. The molecule has 0 heterocycles. The molecule has 1 N–H and O–H groups in total. The Hall–Kier alpha value is -0.310. The zero-order chi connectivity index (χ0) is 9.40. The van der Waals surface area contributed by atoms with E-state index in [-0.39, 0.29) is 0 Å². The maximum atomic E-state index is 10.1. The van der Waals surface area contributed by atoms with E-state index < -0.39 is 5.97 Å². The molecule has 0 aliphatic rings. The molecule has 12 heavy (non-hydrogen) atoms. The van der Waals surface area contributed by atoms with Gasteiger partial charge < -0.3 is 5.11 Å². The Morgan fingerprint density at radius 3 is 2.08 bits per heavy atom. The lowest BCUT2D eigenvalue weighted by Crippen LogP contribution is -1.93. The summed E-state index contributed by atoms with van der Waals surface area (Å²) in [6.07, 6.45) is 5.29. The van der Waals surface area contributed by atoms with Crippen LogP contribution in [0.15, 0.2) is 11.1 Å². The lowest BCUT2D eigenvalue weighted by atomic mass is 10.1. The van der Waals surface area contributed by atoms with Gasteiger partial charge in [0.25, 0.3) is 0 Å². The smallest absolute Gasteiger partial charge is 0.303 e. The number of halogens is 1. The number of allylic oxidation sites excluding steroid dienone is 1. The first-order chi connectivity index (χ1) is 5.63. The molecule has 0 saturated heterocycles. The van der Waals surface area contributed by atoms with Gasteiger partial charge in [-0.2, -0.15) is 0 Å². The Morgan fingerprint density at radius 2 is 1.67 bits per heavy atom. The molecule has 0 aromatic heterocycles. The van der Waals surface area contributed by atoms with Gasteiger partial charge in [-0.25, -0.2) is 0 Å². The second-order valence-electron chi connectivity index (χ2n) is 2.83. The van der Waals surface area contributed by atoms with E-state index in [2.05, 4.69) is 22.5 Å². The minimum atomic E-state index is -0.695. The van der Waals surface area contributed by atoms with Gasteiger partial charge in [-0.05, 0) is 23.7 Å². The highest BCUT2D eigenvalue weighted by atomic mass is 79.9. The summed E-state index contributed by atoms with van der Waals surface area (Å²) in [6.45, 7) is 3.72. The largest absolute Gasteiger partial charge is 0.481 e. The van der Waals surface area contributed by atoms with E-state index >= 15 is 0 Å². The second-order valence-corrected chi connectivity index (χ2v) is 3.95. The number of aliphatic carboxylic acids is 1. The van der Waals surface area contributed by atoms with Gasteiger partial charge in [-0.15, -0.1) is 0 Å². The van der Waals surface area contributed by atoms with Gasteiger partial charge in [0, 0.05) is 6.42 Å². The first-order valence-corrected chi connectivity index (χ1v) is 4.97. The van der Waals surface area contributed by atoms with Crippen molar-refractivity contribution in [3.63, 3.8) is 0 Å². The van der Waals surface area contributed by atoms with Crippen molar-refractivity contribution in [3.8, 4) is 0 Å². The molecular weight excluding hydrogens is 220 g/mol. The zero-order valence-electron chi connectivity index (χ0n) is 7.18. The topological polar surface area (TPSA) is 37.3 Å². The summed E-state index contributed by atoms with van der Waals surface area (Å²) in [6, 6.07) is 0. The van der Waals surface area contributed by atoms with Gasteiger partial charge in [0.1, 0.15) is 0 Å². The van der Waals surface area contributed by atoms with Crippen LogP contribution in [0.1, 0.15) is 38.5 Å². The predicted molar refractivity (Wildman–Crippen MR) is 53.4 cm³/mol. The molecule has 0 aliphatic heterocycles. The molecule has 70 valence electrons. The maximum absolute atomic E-state index is 10.1. The number of carboxylic acids is 1. The first kappa shape index (κ1) is 11.7.